The molecule has 0 saturated heterocycles. The third-order valence-electron chi connectivity index (χ3n) is 2.48. The van der Waals surface area contributed by atoms with Crippen LogP contribution in [0.2, 0.25) is 0 Å². The minimum Gasteiger partial charge on any atom is -0.0902 e. The van der Waals surface area contributed by atoms with Crippen LogP contribution in [0, 0.1) is 0 Å². The van der Waals surface area contributed by atoms with Crippen molar-refractivity contribution in [2.24, 2.45) is 0 Å². The summed E-state index contributed by atoms with van der Waals surface area (Å²) in [6.07, 6.45) is 4.23. The number of halogens is 1. The first-order chi connectivity index (χ1) is 7.33. The summed E-state index contributed by atoms with van der Waals surface area (Å²) >= 11 is 3.68. The molecule has 0 nitrogen and oxygen atoms in total. The van der Waals surface area contributed by atoms with Crippen molar-refractivity contribution in [3.05, 3.63) is 60.2 Å². The summed E-state index contributed by atoms with van der Waals surface area (Å²) in [5, 5.41) is 2.61. The highest BCUT2D eigenvalue weighted by Crippen LogP contribution is 2.30. The lowest BCUT2D eigenvalue weighted by Crippen LogP contribution is -1.87. The molecule has 0 aliphatic carbocycles. The first-order valence-electron chi connectivity index (χ1n) is 5.07. The van der Waals surface area contributed by atoms with Gasteiger partial charge in [-0.1, -0.05) is 70.5 Å². The molecule has 0 radical (unpaired) electrons. The van der Waals surface area contributed by atoms with Crippen LogP contribution < -0.4 is 0 Å². The molecule has 2 aromatic rings. The fraction of sp³-hybridized carbons (Fsp3) is 0.143. The summed E-state index contributed by atoms with van der Waals surface area (Å²) in [6.45, 7) is 2.04. The summed E-state index contributed by atoms with van der Waals surface area (Å²) in [4.78, 5) is 0.300. The average Bonchev–Trinajstić information content (AvgIpc) is 2.28. The quantitative estimate of drug-likeness (QED) is 0.535. The molecule has 76 valence electrons. The topological polar surface area (TPSA) is 0 Å². The molecule has 0 heterocycles. The zero-order valence-electron chi connectivity index (χ0n) is 8.65. The minimum absolute atomic E-state index is 0.300. The van der Waals surface area contributed by atoms with Crippen LogP contribution in [-0.4, -0.2) is 0 Å². The van der Waals surface area contributed by atoms with Crippen LogP contribution in [0.15, 0.2) is 54.6 Å². The Morgan fingerprint density at radius 3 is 2.60 bits per heavy atom. The maximum absolute atomic E-state index is 3.68. The number of allylic oxidation sites excluding steroid dienone is 2. The molecule has 0 fully saturated rings. The van der Waals surface area contributed by atoms with Crippen molar-refractivity contribution >= 4 is 26.7 Å². The van der Waals surface area contributed by atoms with Gasteiger partial charge in [-0.15, -0.1) is 0 Å². The molecule has 0 aliphatic rings. The van der Waals surface area contributed by atoms with E-state index in [2.05, 4.69) is 70.5 Å². The van der Waals surface area contributed by atoms with Crippen molar-refractivity contribution in [3.8, 4) is 0 Å². The monoisotopic (exact) mass is 260 g/mol. The van der Waals surface area contributed by atoms with Gasteiger partial charge in [0.2, 0.25) is 0 Å². The molecule has 0 spiro atoms. The SMILES string of the molecule is C/C=C/C(Br)c1cccc2ccccc12. The van der Waals surface area contributed by atoms with Crippen LogP contribution in [0.25, 0.3) is 10.8 Å². The number of alkyl halides is 1. The van der Waals surface area contributed by atoms with Crippen molar-refractivity contribution in [3.63, 3.8) is 0 Å². The summed E-state index contributed by atoms with van der Waals surface area (Å²) in [6, 6.07) is 14.9. The molecule has 0 bridgehead atoms. The number of rotatable bonds is 2. The Bertz CT molecular complexity index is 480. The van der Waals surface area contributed by atoms with Crippen molar-refractivity contribution in [1.82, 2.24) is 0 Å². The molecule has 2 rings (SSSR count). The van der Waals surface area contributed by atoms with E-state index in [0.717, 1.165) is 0 Å². The second-order valence-corrected chi connectivity index (χ2v) is 4.48. The predicted molar refractivity (Wildman–Crippen MR) is 70.4 cm³/mol. The molecule has 1 heteroatoms. The van der Waals surface area contributed by atoms with E-state index < -0.39 is 0 Å². The molecule has 2 aromatic carbocycles. The fourth-order valence-electron chi connectivity index (χ4n) is 1.76. The first kappa shape index (κ1) is 10.4. The van der Waals surface area contributed by atoms with Crippen molar-refractivity contribution < 1.29 is 0 Å². The number of benzene rings is 2. The second-order valence-electron chi connectivity index (χ2n) is 3.50. The number of hydrogen-bond acceptors (Lipinski definition) is 0. The summed E-state index contributed by atoms with van der Waals surface area (Å²) in [5.74, 6) is 0. The fourth-order valence-corrected chi connectivity index (χ4v) is 2.47. The standard InChI is InChI=1S/C14H13Br/c1-2-6-14(15)13-10-5-8-11-7-3-4-9-12(11)13/h2-10,14H,1H3/b6-2+. The Balaban J connectivity index is 2.60. The van der Waals surface area contributed by atoms with Gasteiger partial charge in [0.15, 0.2) is 0 Å². The summed E-state index contributed by atoms with van der Waals surface area (Å²) in [5.41, 5.74) is 1.33. The zero-order chi connectivity index (χ0) is 10.7. The predicted octanol–water partition coefficient (Wildman–Crippen LogP) is 4.85. The van der Waals surface area contributed by atoms with Crippen LogP contribution in [0.4, 0.5) is 0 Å². The van der Waals surface area contributed by atoms with E-state index in [1.165, 1.54) is 16.3 Å². The van der Waals surface area contributed by atoms with E-state index in [4.69, 9.17) is 0 Å². The molecule has 0 amide bonds. The lowest BCUT2D eigenvalue weighted by atomic mass is 10.0. The average molecular weight is 261 g/mol. The minimum atomic E-state index is 0.300. The Kier molecular flexibility index (Phi) is 3.22. The maximum Gasteiger partial charge on any atom is 0.0581 e. The highest BCUT2D eigenvalue weighted by atomic mass is 79.9. The van der Waals surface area contributed by atoms with Gasteiger partial charge < -0.3 is 0 Å². The van der Waals surface area contributed by atoms with Gasteiger partial charge in [0, 0.05) is 0 Å². The normalized spacial score (nSPS) is 13.5. The van der Waals surface area contributed by atoms with Gasteiger partial charge in [0.25, 0.3) is 0 Å². The molecule has 15 heavy (non-hydrogen) atoms. The highest BCUT2D eigenvalue weighted by molar-refractivity contribution is 9.09. The Morgan fingerprint density at radius 1 is 1.07 bits per heavy atom. The molecule has 0 N–H and O–H groups in total. The van der Waals surface area contributed by atoms with Gasteiger partial charge in [-0.3, -0.25) is 0 Å². The number of fused-ring (bicyclic) bond motifs is 1. The van der Waals surface area contributed by atoms with E-state index in [1.54, 1.807) is 0 Å². The Morgan fingerprint density at radius 2 is 1.80 bits per heavy atom. The number of hydrogen-bond donors (Lipinski definition) is 0. The molecule has 1 unspecified atom stereocenters. The first-order valence-corrected chi connectivity index (χ1v) is 5.99. The molecule has 1 atom stereocenters. The zero-order valence-corrected chi connectivity index (χ0v) is 10.2. The van der Waals surface area contributed by atoms with E-state index >= 15 is 0 Å². The second kappa shape index (κ2) is 4.63. The molecule has 0 saturated carbocycles. The van der Waals surface area contributed by atoms with Gasteiger partial charge in [-0.2, -0.15) is 0 Å². The van der Waals surface area contributed by atoms with Crippen LogP contribution in [0.5, 0.6) is 0 Å². The van der Waals surface area contributed by atoms with Crippen LogP contribution >= 0.6 is 15.9 Å². The van der Waals surface area contributed by atoms with Gasteiger partial charge in [0.1, 0.15) is 0 Å². The van der Waals surface area contributed by atoms with Gasteiger partial charge in [0.05, 0.1) is 4.83 Å². The van der Waals surface area contributed by atoms with E-state index in [1.807, 2.05) is 6.92 Å². The van der Waals surface area contributed by atoms with Gasteiger partial charge >= 0.3 is 0 Å². The smallest absolute Gasteiger partial charge is 0.0581 e. The van der Waals surface area contributed by atoms with E-state index in [0.29, 0.717) is 4.83 Å². The van der Waals surface area contributed by atoms with Crippen LogP contribution in [0.1, 0.15) is 17.3 Å². The van der Waals surface area contributed by atoms with Crippen molar-refractivity contribution in [2.45, 2.75) is 11.8 Å². The maximum atomic E-state index is 3.68. The van der Waals surface area contributed by atoms with Crippen LogP contribution in [-0.2, 0) is 0 Å². The van der Waals surface area contributed by atoms with E-state index in [-0.39, 0.29) is 0 Å². The molecular weight excluding hydrogens is 248 g/mol. The largest absolute Gasteiger partial charge is 0.0902 e. The van der Waals surface area contributed by atoms with Crippen molar-refractivity contribution in [2.75, 3.05) is 0 Å². The highest BCUT2D eigenvalue weighted by Gasteiger charge is 2.06. The van der Waals surface area contributed by atoms with Crippen molar-refractivity contribution in [1.29, 1.82) is 0 Å². The summed E-state index contributed by atoms with van der Waals surface area (Å²) in [7, 11) is 0. The molecule has 0 aromatic heterocycles. The lowest BCUT2D eigenvalue weighted by molar-refractivity contribution is 1.27. The van der Waals surface area contributed by atoms with Crippen LogP contribution in [0.3, 0.4) is 0 Å². The Labute approximate surface area is 98.8 Å². The summed E-state index contributed by atoms with van der Waals surface area (Å²) < 4.78 is 0. The lowest BCUT2D eigenvalue weighted by Gasteiger charge is -2.09. The third kappa shape index (κ3) is 2.13. The Hall–Kier alpha value is -1.08. The third-order valence-corrected chi connectivity index (χ3v) is 3.28. The van der Waals surface area contributed by atoms with E-state index in [9.17, 15) is 0 Å². The van der Waals surface area contributed by atoms with Gasteiger partial charge in [-0.25, -0.2) is 0 Å². The van der Waals surface area contributed by atoms with Gasteiger partial charge in [-0.05, 0) is 23.3 Å². The molecule has 0 aliphatic heterocycles. The molecular formula is C14H13Br.